The molecule has 2 aliphatic rings. The number of ether oxygens (including phenoxy) is 2. The van der Waals surface area contributed by atoms with Crippen molar-refractivity contribution in [2.75, 3.05) is 27.3 Å². The number of benzene rings is 2. The van der Waals surface area contributed by atoms with Gasteiger partial charge in [0.25, 0.3) is 11.8 Å². The van der Waals surface area contributed by atoms with Crippen LogP contribution in [-0.4, -0.2) is 65.9 Å². The third-order valence-corrected chi connectivity index (χ3v) is 6.43. The van der Waals surface area contributed by atoms with Gasteiger partial charge < -0.3 is 19.5 Å². The van der Waals surface area contributed by atoms with Crippen LogP contribution < -0.4 is 9.47 Å². The molecule has 1 N–H and O–H groups in total. The molecule has 174 valence electrons. The molecule has 0 bridgehead atoms. The number of rotatable bonds is 5. The third-order valence-electron chi connectivity index (χ3n) is 6.43. The molecule has 0 aliphatic carbocycles. The normalized spacial score (nSPS) is 18.3. The standard InChI is InChI=1S/C25H29N3O5/c1-25(2)22(16-9-10-21(33-4)19(29)15-16)26-28(24(25)31)17-11-13-27(14-12-17)23(30)18-7-5-6-8-20(18)32-3/h5-10,15,17,29H,11-14H2,1-4H3. The predicted octanol–water partition coefficient (Wildman–Crippen LogP) is 3.29. The molecule has 0 spiro atoms. The van der Waals surface area contributed by atoms with Gasteiger partial charge in [0, 0.05) is 18.7 Å². The second kappa shape index (κ2) is 8.77. The minimum absolute atomic E-state index is 0.00237. The molecule has 2 heterocycles. The number of piperidine rings is 1. The molecule has 2 aromatic rings. The lowest BCUT2D eigenvalue weighted by Crippen LogP contribution is -2.47. The van der Waals surface area contributed by atoms with Crippen LogP contribution in [0.1, 0.15) is 42.6 Å². The molecule has 2 amide bonds. The number of phenols is 1. The Morgan fingerprint density at radius 1 is 1.06 bits per heavy atom. The van der Waals surface area contributed by atoms with Crippen molar-refractivity contribution < 1.29 is 24.2 Å². The summed E-state index contributed by atoms with van der Waals surface area (Å²) in [6.45, 7) is 4.74. The van der Waals surface area contributed by atoms with Gasteiger partial charge in [-0.2, -0.15) is 5.10 Å². The number of para-hydroxylation sites is 1. The molecular weight excluding hydrogens is 422 g/mol. The summed E-state index contributed by atoms with van der Waals surface area (Å²) in [6.07, 6.45) is 1.26. The fraction of sp³-hybridized carbons (Fsp3) is 0.400. The van der Waals surface area contributed by atoms with Crippen LogP contribution in [0.4, 0.5) is 0 Å². The number of likely N-dealkylation sites (tertiary alicyclic amines) is 1. The molecular formula is C25H29N3O5. The van der Waals surface area contributed by atoms with E-state index in [-0.39, 0.29) is 23.6 Å². The maximum Gasteiger partial charge on any atom is 0.257 e. The summed E-state index contributed by atoms with van der Waals surface area (Å²) in [7, 11) is 3.04. The zero-order chi connectivity index (χ0) is 23.8. The molecule has 2 aliphatic heterocycles. The molecule has 1 fully saturated rings. The number of carbonyl (C=O) groups excluding carboxylic acids is 2. The van der Waals surface area contributed by atoms with Crippen molar-refractivity contribution in [3.05, 3.63) is 53.6 Å². The van der Waals surface area contributed by atoms with Gasteiger partial charge in [-0.25, -0.2) is 5.01 Å². The van der Waals surface area contributed by atoms with Gasteiger partial charge >= 0.3 is 0 Å². The van der Waals surface area contributed by atoms with Crippen LogP contribution in [0.2, 0.25) is 0 Å². The molecule has 8 nitrogen and oxygen atoms in total. The van der Waals surface area contributed by atoms with Crippen LogP contribution in [0.15, 0.2) is 47.6 Å². The maximum atomic E-state index is 13.3. The Labute approximate surface area is 193 Å². The molecule has 0 atom stereocenters. The van der Waals surface area contributed by atoms with Crippen molar-refractivity contribution in [3.8, 4) is 17.2 Å². The van der Waals surface area contributed by atoms with Crippen molar-refractivity contribution in [2.24, 2.45) is 10.5 Å². The van der Waals surface area contributed by atoms with Crippen LogP contribution in [0.25, 0.3) is 0 Å². The van der Waals surface area contributed by atoms with Crippen molar-refractivity contribution in [1.29, 1.82) is 0 Å². The van der Waals surface area contributed by atoms with Crippen LogP contribution in [0.3, 0.4) is 0 Å². The number of hydrazone groups is 1. The molecule has 2 aromatic carbocycles. The van der Waals surface area contributed by atoms with Crippen molar-refractivity contribution >= 4 is 17.5 Å². The first-order valence-corrected chi connectivity index (χ1v) is 11.0. The maximum absolute atomic E-state index is 13.3. The minimum Gasteiger partial charge on any atom is -0.504 e. The van der Waals surface area contributed by atoms with E-state index in [9.17, 15) is 14.7 Å². The lowest BCUT2D eigenvalue weighted by molar-refractivity contribution is -0.137. The summed E-state index contributed by atoms with van der Waals surface area (Å²) in [5.74, 6) is 0.769. The smallest absolute Gasteiger partial charge is 0.257 e. The highest BCUT2D eigenvalue weighted by atomic mass is 16.5. The monoisotopic (exact) mass is 451 g/mol. The highest BCUT2D eigenvalue weighted by molar-refractivity contribution is 6.19. The molecule has 0 unspecified atom stereocenters. The zero-order valence-corrected chi connectivity index (χ0v) is 19.4. The minimum atomic E-state index is -0.828. The first-order valence-electron chi connectivity index (χ1n) is 11.0. The number of hydrogen-bond donors (Lipinski definition) is 1. The van der Waals surface area contributed by atoms with E-state index in [1.165, 1.54) is 7.11 Å². The van der Waals surface area contributed by atoms with Gasteiger partial charge in [0.05, 0.1) is 37.0 Å². The summed E-state index contributed by atoms with van der Waals surface area (Å²) < 4.78 is 10.5. The lowest BCUT2D eigenvalue weighted by Gasteiger charge is -2.35. The Balaban J connectivity index is 1.50. The topological polar surface area (TPSA) is 91.7 Å². The summed E-state index contributed by atoms with van der Waals surface area (Å²) in [4.78, 5) is 28.1. The highest BCUT2D eigenvalue weighted by Gasteiger charge is 2.47. The van der Waals surface area contributed by atoms with E-state index in [0.717, 1.165) is 0 Å². The number of hydrogen-bond acceptors (Lipinski definition) is 6. The van der Waals surface area contributed by atoms with Gasteiger partial charge in [-0.05, 0) is 57.0 Å². The van der Waals surface area contributed by atoms with Gasteiger partial charge in [0.1, 0.15) is 5.75 Å². The van der Waals surface area contributed by atoms with Crippen LogP contribution >= 0.6 is 0 Å². The van der Waals surface area contributed by atoms with Gasteiger partial charge in [-0.15, -0.1) is 0 Å². The van der Waals surface area contributed by atoms with Crippen molar-refractivity contribution in [1.82, 2.24) is 9.91 Å². The predicted molar refractivity (Wildman–Crippen MR) is 124 cm³/mol. The summed E-state index contributed by atoms with van der Waals surface area (Å²) in [5.41, 5.74) is 0.998. The molecule has 33 heavy (non-hydrogen) atoms. The fourth-order valence-electron chi connectivity index (χ4n) is 4.47. The van der Waals surface area contributed by atoms with Gasteiger partial charge in [0.15, 0.2) is 11.5 Å². The van der Waals surface area contributed by atoms with E-state index in [1.54, 1.807) is 47.4 Å². The Morgan fingerprint density at radius 2 is 1.73 bits per heavy atom. The second-order valence-electron chi connectivity index (χ2n) is 8.83. The Kier molecular flexibility index (Phi) is 6.01. The first kappa shape index (κ1) is 22.6. The van der Waals surface area contributed by atoms with Crippen LogP contribution in [-0.2, 0) is 4.79 Å². The second-order valence-corrected chi connectivity index (χ2v) is 8.83. The largest absolute Gasteiger partial charge is 0.504 e. The average Bonchev–Trinajstić information content (AvgIpc) is 3.07. The Bertz CT molecular complexity index is 1100. The summed E-state index contributed by atoms with van der Waals surface area (Å²) in [6, 6.07) is 12.1. The van der Waals surface area contributed by atoms with Gasteiger partial charge in [0.2, 0.25) is 0 Å². The quantitative estimate of drug-likeness (QED) is 0.753. The number of nitrogens with zero attached hydrogens (tertiary/aromatic N) is 3. The molecule has 1 saturated heterocycles. The van der Waals surface area contributed by atoms with Crippen molar-refractivity contribution in [2.45, 2.75) is 32.7 Å². The molecule has 8 heteroatoms. The van der Waals surface area contributed by atoms with Crippen molar-refractivity contribution in [3.63, 3.8) is 0 Å². The lowest BCUT2D eigenvalue weighted by atomic mass is 9.83. The number of aromatic hydroxyl groups is 1. The molecule has 0 saturated carbocycles. The van der Waals surface area contributed by atoms with E-state index in [0.29, 0.717) is 54.3 Å². The Morgan fingerprint density at radius 3 is 2.36 bits per heavy atom. The van der Waals surface area contributed by atoms with E-state index in [2.05, 4.69) is 0 Å². The number of carbonyl (C=O) groups is 2. The molecule has 4 rings (SSSR count). The van der Waals surface area contributed by atoms with Crippen LogP contribution in [0, 0.1) is 5.41 Å². The number of methoxy groups -OCH3 is 2. The van der Waals surface area contributed by atoms with E-state index >= 15 is 0 Å². The van der Waals surface area contributed by atoms with E-state index in [4.69, 9.17) is 14.6 Å². The highest BCUT2D eigenvalue weighted by Crippen LogP contribution is 2.37. The van der Waals surface area contributed by atoms with Gasteiger partial charge in [-0.3, -0.25) is 9.59 Å². The summed E-state index contributed by atoms with van der Waals surface area (Å²) >= 11 is 0. The first-order chi connectivity index (χ1) is 15.8. The van der Waals surface area contributed by atoms with Gasteiger partial charge in [-0.1, -0.05) is 12.1 Å². The van der Waals surface area contributed by atoms with E-state index in [1.807, 2.05) is 26.0 Å². The Hall–Kier alpha value is -3.55. The molecule has 0 radical (unpaired) electrons. The third kappa shape index (κ3) is 4.01. The van der Waals surface area contributed by atoms with Crippen LogP contribution in [0.5, 0.6) is 17.2 Å². The SMILES string of the molecule is COc1ccc(C2=NN(C3CCN(C(=O)c4ccccc4OC)CC3)C(=O)C2(C)C)cc1O. The van der Waals surface area contributed by atoms with E-state index < -0.39 is 5.41 Å². The average molecular weight is 452 g/mol. The number of amides is 2. The molecule has 0 aromatic heterocycles. The summed E-state index contributed by atoms with van der Waals surface area (Å²) in [5, 5.41) is 16.5. The number of phenolic OH excluding ortho intramolecular Hbond substituents is 1. The zero-order valence-electron chi connectivity index (χ0n) is 19.4. The fourth-order valence-corrected chi connectivity index (χ4v) is 4.47.